The normalized spacial score (nSPS) is 57.6. The summed E-state index contributed by atoms with van der Waals surface area (Å²) in [6, 6.07) is 0. The van der Waals surface area contributed by atoms with Gasteiger partial charge in [0.1, 0.15) is 12.2 Å². The van der Waals surface area contributed by atoms with Crippen LogP contribution in [-0.4, -0.2) is 36.6 Å². The summed E-state index contributed by atoms with van der Waals surface area (Å²) in [5.74, 6) is 0.179. The van der Waals surface area contributed by atoms with Crippen LogP contribution in [-0.2, 0) is 23.3 Å². The van der Waals surface area contributed by atoms with Crippen molar-refractivity contribution < 1.29 is 23.3 Å². The molecule has 84 valence electrons. The van der Waals surface area contributed by atoms with Crippen molar-refractivity contribution in [2.75, 3.05) is 0 Å². The van der Waals surface area contributed by atoms with Crippen molar-refractivity contribution in [2.24, 2.45) is 5.92 Å². The van der Waals surface area contributed by atoms with Gasteiger partial charge in [-0.3, -0.25) is 4.57 Å². The average Bonchev–Trinajstić information content (AvgIpc) is 2.25. The first-order valence-corrected chi connectivity index (χ1v) is 6.26. The Morgan fingerprint density at radius 1 is 1.20 bits per heavy atom. The maximum absolute atomic E-state index is 11.1. The van der Waals surface area contributed by atoms with Crippen LogP contribution in [0.2, 0.25) is 0 Å². The van der Waals surface area contributed by atoms with Crippen molar-refractivity contribution in [3.05, 3.63) is 0 Å². The minimum atomic E-state index is -0.601. The Morgan fingerprint density at radius 2 is 1.87 bits per heavy atom. The lowest BCUT2D eigenvalue weighted by Crippen LogP contribution is -2.71. The molecule has 0 amide bonds. The Labute approximate surface area is 91.3 Å². The molecule has 0 aromatic carbocycles. The molecule has 7 heteroatoms. The first kappa shape index (κ1) is 10.5. The summed E-state index contributed by atoms with van der Waals surface area (Å²) in [5, 5.41) is 0. The van der Waals surface area contributed by atoms with Crippen LogP contribution in [0.3, 0.4) is 0 Å². The van der Waals surface area contributed by atoms with Crippen molar-refractivity contribution in [2.45, 2.75) is 43.5 Å². The second-order valence-corrected chi connectivity index (χ2v) is 5.23. The quantitative estimate of drug-likeness (QED) is 0.682. The summed E-state index contributed by atoms with van der Waals surface area (Å²) in [6.07, 6.45) is -0.445. The van der Waals surface area contributed by atoms with E-state index in [1.807, 2.05) is 6.92 Å². The van der Waals surface area contributed by atoms with Crippen LogP contribution < -0.4 is 0 Å². The van der Waals surface area contributed by atoms with Gasteiger partial charge in [-0.25, -0.2) is 0 Å². The van der Waals surface area contributed by atoms with Gasteiger partial charge >= 0.3 is 0 Å². The summed E-state index contributed by atoms with van der Waals surface area (Å²) in [6.45, 7) is 1.43. The van der Waals surface area contributed by atoms with Gasteiger partial charge in [0, 0.05) is 15.4 Å². The van der Waals surface area contributed by atoms with E-state index in [2.05, 4.69) is 9.47 Å². The molecule has 0 spiro atoms. The Hall–Kier alpha value is 0.370. The predicted octanol–water partition coefficient (Wildman–Crippen LogP) is 0.938. The molecular weight excluding hydrogens is 238 g/mol. The molecule has 4 rings (SSSR count). The van der Waals surface area contributed by atoms with Crippen molar-refractivity contribution in [1.29, 1.82) is 0 Å². The second kappa shape index (κ2) is 3.69. The van der Waals surface area contributed by atoms with E-state index in [1.165, 1.54) is 0 Å². The average molecular weight is 250 g/mol. The van der Waals surface area contributed by atoms with Gasteiger partial charge in [0.05, 0.1) is 17.9 Å². The number of hydrogen-bond acceptors (Lipinski definition) is 5. The zero-order chi connectivity index (χ0) is 10.6. The van der Waals surface area contributed by atoms with E-state index >= 15 is 0 Å². The maximum Gasteiger partial charge on any atom is 0.272 e. The first-order chi connectivity index (χ1) is 7.26. The molecule has 0 aromatic heterocycles. The summed E-state index contributed by atoms with van der Waals surface area (Å²) >= 11 is 0. The molecule has 4 fully saturated rings. The van der Waals surface area contributed by atoms with Crippen LogP contribution in [0.4, 0.5) is 0 Å². The summed E-state index contributed by atoms with van der Waals surface area (Å²) < 4.78 is 33.0. The van der Waals surface area contributed by atoms with Gasteiger partial charge in [0.15, 0.2) is 8.46 Å². The van der Waals surface area contributed by atoms with E-state index in [4.69, 9.17) is 18.7 Å². The summed E-state index contributed by atoms with van der Waals surface area (Å²) in [7, 11) is 2.28. The molecule has 5 nitrogen and oxygen atoms in total. The molecule has 15 heavy (non-hydrogen) atoms. The molecule has 3 aliphatic heterocycles. The Bertz CT molecular complexity index is 288. The maximum atomic E-state index is 11.1. The van der Waals surface area contributed by atoms with Crippen LogP contribution in [0, 0.1) is 5.92 Å². The van der Waals surface area contributed by atoms with Crippen LogP contribution in [0.25, 0.3) is 0 Å². The van der Waals surface area contributed by atoms with Gasteiger partial charge < -0.3 is 18.7 Å². The van der Waals surface area contributed by atoms with Crippen LogP contribution in [0.1, 0.15) is 6.92 Å². The largest absolute Gasteiger partial charge is 0.357 e. The van der Waals surface area contributed by atoms with Crippen LogP contribution in [0.15, 0.2) is 0 Å². The van der Waals surface area contributed by atoms with Gasteiger partial charge in [-0.1, -0.05) is 6.92 Å². The number of hydrogen-bond donors (Lipinski definition) is 0. The highest BCUT2D eigenvalue weighted by Crippen LogP contribution is 2.47. The molecule has 8 atom stereocenters. The van der Waals surface area contributed by atoms with E-state index in [9.17, 15) is 4.57 Å². The van der Waals surface area contributed by atoms with Crippen molar-refractivity contribution in [3.8, 4) is 0 Å². The van der Waals surface area contributed by atoms with Crippen LogP contribution >= 0.6 is 17.9 Å². The van der Waals surface area contributed by atoms with E-state index in [0.29, 0.717) is 0 Å². The fraction of sp³-hybridized carbons (Fsp3) is 1.00. The molecule has 3 saturated heterocycles. The topological polar surface area (TPSA) is 54.0 Å². The van der Waals surface area contributed by atoms with Gasteiger partial charge in [-0.2, -0.15) is 0 Å². The number of ether oxygens (including phenoxy) is 3. The van der Waals surface area contributed by atoms with E-state index in [0.717, 1.165) is 0 Å². The molecular formula is C8H12O5P2. The molecule has 4 aliphatic rings. The van der Waals surface area contributed by atoms with Crippen molar-refractivity contribution >= 4 is 17.9 Å². The lowest BCUT2D eigenvalue weighted by atomic mass is 9.79. The Morgan fingerprint density at radius 3 is 2.53 bits per heavy atom. The molecule has 3 heterocycles. The molecule has 1 aliphatic carbocycles. The highest BCUT2D eigenvalue weighted by Gasteiger charge is 2.61. The monoisotopic (exact) mass is 250 g/mol. The van der Waals surface area contributed by atoms with Gasteiger partial charge in [0.25, 0.3) is 6.48 Å². The highest BCUT2D eigenvalue weighted by molar-refractivity contribution is 7.25. The van der Waals surface area contributed by atoms with E-state index in [-0.39, 0.29) is 44.5 Å². The van der Waals surface area contributed by atoms with E-state index < -0.39 is 6.48 Å². The lowest BCUT2D eigenvalue weighted by molar-refractivity contribution is -0.451. The standard InChI is InChI=1S/C8H12O5P2/c1-2-3-5(13-14)6-7(15-9)4(2)11-8(10-3)12-6/h2-8H,14H2,1H3. The zero-order valence-electron chi connectivity index (χ0n) is 8.11. The summed E-state index contributed by atoms with van der Waals surface area (Å²) in [5.41, 5.74) is -0.151. The lowest BCUT2D eigenvalue weighted by Gasteiger charge is -2.57. The van der Waals surface area contributed by atoms with Crippen molar-refractivity contribution in [1.82, 2.24) is 0 Å². The molecule has 4 bridgehead atoms. The third kappa shape index (κ3) is 1.35. The SMILES string of the molecule is CC1C2OC3OC1C(P=O)C(O3)C2OP. The first-order valence-electron chi connectivity index (χ1n) is 4.90. The third-order valence-corrected chi connectivity index (χ3v) is 4.59. The van der Waals surface area contributed by atoms with E-state index in [1.54, 1.807) is 0 Å². The summed E-state index contributed by atoms with van der Waals surface area (Å²) in [4.78, 5) is 0. The predicted molar refractivity (Wildman–Crippen MR) is 53.5 cm³/mol. The van der Waals surface area contributed by atoms with Crippen molar-refractivity contribution in [3.63, 3.8) is 0 Å². The molecule has 0 N–H and O–H groups in total. The fourth-order valence-corrected chi connectivity index (χ4v) is 3.82. The zero-order valence-corrected chi connectivity index (χ0v) is 10.2. The molecule has 0 radical (unpaired) electrons. The minimum Gasteiger partial charge on any atom is -0.357 e. The highest BCUT2D eigenvalue weighted by atomic mass is 31.1. The van der Waals surface area contributed by atoms with Gasteiger partial charge in [-0.05, 0) is 0 Å². The third-order valence-electron chi connectivity index (χ3n) is 3.44. The van der Waals surface area contributed by atoms with Crippen LogP contribution in [0.5, 0.6) is 0 Å². The smallest absolute Gasteiger partial charge is 0.272 e. The minimum absolute atomic E-state index is 0.0250. The molecule has 1 saturated carbocycles. The Kier molecular flexibility index (Phi) is 2.59. The second-order valence-electron chi connectivity index (χ2n) is 4.15. The number of rotatable bonds is 2. The fourth-order valence-electron chi connectivity index (χ4n) is 2.69. The molecule has 0 aromatic rings. The molecule has 8 unspecified atom stereocenters. The van der Waals surface area contributed by atoms with Gasteiger partial charge in [-0.15, -0.1) is 0 Å². The van der Waals surface area contributed by atoms with Gasteiger partial charge in [0.2, 0.25) is 0 Å². The Balaban J connectivity index is 1.96.